The minimum Gasteiger partial charge on any atom is -0.477 e. The van der Waals surface area contributed by atoms with E-state index in [2.05, 4.69) is 10.4 Å². The van der Waals surface area contributed by atoms with Crippen molar-refractivity contribution in [1.82, 2.24) is 9.78 Å². The molecule has 1 fully saturated rings. The predicted octanol–water partition coefficient (Wildman–Crippen LogP) is 3.23. The van der Waals surface area contributed by atoms with Gasteiger partial charge in [0.05, 0.1) is 17.2 Å². The van der Waals surface area contributed by atoms with Crippen molar-refractivity contribution in [3.8, 4) is 5.75 Å². The molecule has 2 aromatic rings. The van der Waals surface area contributed by atoms with Crippen molar-refractivity contribution >= 4 is 17.4 Å². The van der Waals surface area contributed by atoms with Gasteiger partial charge < -0.3 is 10.1 Å². The fourth-order valence-corrected chi connectivity index (χ4v) is 3.06. The molecule has 1 aliphatic rings. The van der Waals surface area contributed by atoms with Crippen LogP contribution in [0.1, 0.15) is 37.3 Å². The van der Waals surface area contributed by atoms with Crippen LogP contribution in [-0.2, 0) is 4.79 Å². The Morgan fingerprint density at radius 2 is 2.16 bits per heavy atom. The van der Waals surface area contributed by atoms with Crippen LogP contribution in [0.25, 0.3) is 0 Å². The molecule has 0 radical (unpaired) electrons. The first-order chi connectivity index (χ1) is 12.0. The van der Waals surface area contributed by atoms with Gasteiger partial charge in [-0.25, -0.2) is 4.68 Å². The van der Waals surface area contributed by atoms with Crippen LogP contribution in [0.4, 0.5) is 11.5 Å². The summed E-state index contributed by atoms with van der Waals surface area (Å²) < 4.78 is 7.21. The molecule has 132 valence electrons. The number of nitrogens with zero attached hydrogens (tertiary/aromatic N) is 3. The highest BCUT2D eigenvalue weighted by atomic mass is 16.6. The molecule has 8 heteroatoms. The molecule has 1 aromatic carbocycles. The Balaban J connectivity index is 1.64. The highest BCUT2D eigenvalue weighted by molar-refractivity contribution is 5.91. The van der Waals surface area contributed by atoms with E-state index in [9.17, 15) is 14.9 Å². The van der Waals surface area contributed by atoms with Gasteiger partial charge in [-0.05, 0) is 31.4 Å². The number of hydrogen-bond acceptors (Lipinski definition) is 5. The molecule has 0 bridgehead atoms. The normalized spacial score (nSPS) is 14.4. The molecule has 1 aromatic heterocycles. The van der Waals surface area contributed by atoms with E-state index in [1.807, 2.05) is 4.68 Å². The Labute approximate surface area is 144 Å². The number of aromatic nitrogens is 2. The van der Waals surface area contributed by atoms with Crippen LogP contribution in [0.5, 0.6) is 5.75 Å². The number of carbonyl (C=O) groups is 1. The third-order valence-electron chi connectivity index (χ3n) is 4.28. The van der Waals surface area contributed by atoms with E-state index in [1.54, 1.807) is 31.3 Å². The Kier molecular flexibility index (Phi) is 4.97. The Morgan fingerprint density at radius 3 is 2.88 bits per heavy atom. The number of carbonyl (C=O) groups excluding carboxylic acids is 1. The van der Waals surface area contributed by atoms with Crippen molar-refractivity contribution in [2.24, 2.45) is 0 Å². The first kappa shape index (κ1) is 16.9. The molecule has 1 heterocycles. The molecule has 8 nitrogen and oxygen atoms in total. The van der Waals surface area contributed by atoms with Crippen LogP contribution in [0.15, 0.2) is 30.5 Å². The van der Waals surface area contributed by atoms with Crippen molar-refractivity contribution in [1.29, 1.82) is 0 Å². The average Bonchev–Trinajstić information content (AvgIpc) is 3.23. The fraction of sp³-hybridized carbons (Fsp3) is 0.412. The van der Waals surface area contributed by atoms with Gasteiger partial charge in [0.1, 0.15) is 5.82 Å². The zero-order valence-corrected chi connectivity index (χ0v) is 14.0. The lowest BCUT2D eigenvalue weighted by molar-refractivity contribution is -0.385. The molecule has 1 aliphatic carbocycles. The SMILES string of the molecule is Cc1ccc([N+](=O)[O-])c(OCC(=O)Nc2ccnn2C2CCCC2)c1. The molecule has 0 atom stereocenters. The second-order valence-electron chi connectivity index (χ2n) is 6.16. The summed E-state index contributed by atoms with van der Waals surface area (Å²) >= 11 is 0. The van der Waals surface area contributed by atoms with Gasteiger partial charge in [0, 0.05) is 12.1 Å². The topological polar surface area (TPSA) is 99.3 Å². The Bertz CT molecular complexity index is 781. The van der Waals surface area contributed by atoms with Crippen molar-refractivity contribution in [3.05, 3.63) is 46.1 Å². The van der Waals surface area contributed by atoms with Crippen molar-refractivity contribution in [3.63, 3.8) is 0 Å². The number of ether oxygens (including phenoxy) is 1. The van der Waals surface area contributed by atoms with Gasteiger partial charge in [-0.1, -0.05) is 18.9 Å². The third-order valence-corrected chi connectivity index (χ3v) is 4.28. The van der Waals surface area contributed by atoms with E-state index >= 15 is 0 Å². The summed E-state index contributed by atoms with van der Waals surface area (Å²) in [7, 11) is 0. The van der Waals surface area contributed by atoms with Gasteiger partial charge in [-0.2, -0.15) is 5.10 Å². The Morgan fingerprint density at radius 1 is 1.40 bits per heavy atom. The lowest BCUT2D eigenvalue weighted by Gasteiger charge is -2.15. The van der Waals surface area contributed by atoms with Gasteiger partial charge in [-0.3, -0.25) is 14.9 Å². The van der Waals surface area contributed by atoms with Crippen LogP contribution >= 0.6 is 0 Å². The maximum Gasteiger partial charge on any atom is 0.310 e. The molecule has 1 saturated carbocycles. The number of nitro benzene ring substituents is 1. The number of anilines is 1. The van der Waals surface area contributed by atoms with Gasteiger partial charge in [-0.15, -0.1) is 0 Å². The van der Waals surface area contributed by atoms with Crippen LogP contribution in [-0.4, -0.2) is 27.2 Å². The van der Waals surface area contributed by atoms with Crippen LogP contribution in [0.2, 0.25) is 0 Å². The molecule has 3 rings (SSSR count). The summed E-state index contributed by atoms with van der Waals surface area (Å²) in [6.45, 7) is 1.50. The Hall–Kier alpha value is -2.90. The van der Waals surface area contributed by atoms with Crippen molar-refractivity contribution in [2.75, 3.05) is 11.9 Å². The second-order valence-corrected chi connectivity index (χ2v) is 6.16. The number of benzene rings is 1. The number of amides is 1. The summed E-state index contributed by atoms with van der Waals surface area (Å²) in [4.78, 5) is 22.7. The first-order valence-corrected chi connectivity index (χ1v) is 8.26. The molecule has 1 N–H and O–H groups in total. The largest absolute Gasteiger partial charge is 0.477 e. The number of hydrogen-bond donors (Lipinski definition) is 1. The van der Waals surface area contributed by atoms with Gasteiger partial charge >= 0.3 is 5.69 Å². The quantitative estimate of drug-likeness (QED) is 0.640. The van der Waals surface area contributed by atoms with Gasteiger partial charge in [0.15, 0.2) is 12.4 Å². The number of nitrogens with one attached hydrogen (secondary N) is 1. The summed E-state index contributed by atoms with van der Waals surface area (Å²) in [5.74, 6) is 0.333. The van der Waals surface area contributed by atoms with E-state index < -0.39 is 4.92 Å². The number of aryl methyl sites for hydroxylation is 1. The first-order valence-electron chi connectivity index (χ1n) is 8.26. The third kappa shape index (κ3) is 3.96. The molecule has 0 unspecified atom stereocenters. The number of rotatable bonds is 6. The van der Waals surface area contributed by atoms with E-state index in [-0.39, 0.29) is 24.0 Å². The zero-order chi connectivity index (χ0) is 17.8. The molecule has 0 saturated heterocycles. The smallest absolute Gasteiger partial charge is 0.310 e. The minimum absolute atomic E-state index is 0.0875. The maximum atomic E-state index is 12.2. The highest BCUT2D eigenvalue weighted by Crippen LogP contribution is 2.31. The lowest BCUT2D eigenvalue weighted by Crippen LogP contribution is -2.23. The van der Waals surface area contributed by atoms with E-state index in [4.69, 9.17) is 4.74 Å². The van der Waals surface area contributed by atoms with Gasteiger partial charge in [0.25, 0.3) is 5.91 Å². The average molecular weight is 344 g/mol. The maximum absolute atomic E-state index is 12.2. The van der Waals surface area contributed by atoms with Crippen LogP contribution < -0.4 is 10.1 Å². The minimum atomic E-state index is -0.526. The summed E-state index contributed by atoms with van der Waals surface area (Å²) in [6, 6.07) is 6.60. The van der Waals surface area contributed by atoms with E-state index in [1.165, 1.54) is 6.07 Å². The standard InChI is InChI=1S/C17H20N4O4/c1-12-6-7-14(21(23)24)15(10-12)25-11-17(22)19-16-8-9-18-20(16)13-4-2-3-5-13/h6-10,13H,2-5,11H2,1H3,(H,19,22). The number of nitro groups is 1. The van der Waals surface area contributed by atoms with Gasteiger partial charge in [0.2, 0.25) is 0 Å². The van der Waals surface area contributed by atoms with Crippen molar-refractivity contribution < 1.29 is 14.5 Å². The molecule has 1 amide bonds. The second kappa shape index (κ2) is 7.33. The highest BCUT2D eigenvalue weighted by Gasteiger charge is 2.21. The summed E-state index contributed by atoms with van der Waals surface area (Å²) in [5.41, 5.74) is 0.662. The summed E-state index contributed by atoms with van der Waals surface area (Å²) in [6.07, 6.45) is 6.09. The van der Waals surface area contributed by atoms with Crippen LogP contribution in [0.3, 0.4) is 0 Å². The van der Waals surface area contributed by atoms with E-state index in [0.29, 0.717) is 11.9 Å². The fourth-order valence-electron chi connectivity index (χ4n) is 3.06. The lowest BCUT2D eigenvalue weighted by atomic mass is 10.2. The zero-order valence-electron chi connectivity index (χ0n) is 14.0. The predicted molar refractivity (Wildman–Crippen MR) is 91.7 cm³/mol. The molecular formula is C17H20N4O4. The molecular weight excluding hydrogens is 324 g/mol. The molecule has 0 spiro atoms. The summed E-state index contributed by atoms with van der Waals surface area (Å²) in [5, 5.41) is 18.1. The van der Waals surface area contributed by atoms with Crippen LogP contribution in [0, 0.1) is 17.0 Å². The van der Waals surface area contributed by atoms with E-state index in [0.717, 1.165) is 31.2 Å². The van der Waals surface area contributed by atoms with Crippen molar-refractivity contribution in [2.45, 2.75) is 38.6 Å². The monoisotopic (exact) mass is 344 g/mol. The molecule has 0 aliphatic heterocycles. The molecule has 25 heavy (non-hydrogen) atoms.